The molecule has 4 N–H and O–H groups in total. The quantitative estimate of drug-likeness (QED) is 0.739. The van der Waals surface area contributed by atoms with E-state index < -0.39 is 23.5 Å². The Kier molecular flexibility index (Phi) is 5.27. The number of hydrogen-bond donors (Lipinski definition) is 3. The Bertz CT molecular complexity index is 484. The molecule has 0 heterocycles. The second kappa shape index (κ2) is 6.52. The molecular formula is C15H22N2O3. The van der Waals surface area contributed by atoms with E-state index in [0.717, 1.165) is 5.56 Å². The van der Waals surface area contributed by atoms with Crippen molar-refractivity contribution < 1.29 is 14.7 Å². The van der Waals surface area contributed by atoms with Crippen LogP contribution in [0.4, 0.5) is 0 Å². The van der Waals surface area contributed by atoms with Crippen LogP contribution < -0.4 is 11.1 Å². The Hall–Kier alpha value is -1.88. The lowest BCUT2D eigenvalue weighted by Gasteiger charge is -2.27. The maximum Gasteiger partial charge on any atom is 0.329 e. The van der Waals surface area contributed by atoms with Crippen LogP contribution in [0.1, 0.15) is 43.9 Å². The van der Waals surface area contributed by atoms with E-state index in [1.807, 2.05) is 26.0 Å². The van der Waals surface area contributed by atoms with Gasteiger partial charge in [0.25, 0.3) is 0 Å². The van der Waals surface area contributed by atoms with Gasteiger partial charge in [-0.2, -0.15) is 0 Å². The highest BCUT2D eigenvalue weighted by atomic mass is 16.4. The molecule has 1 aromatic carbocycles. The highest BCUT2D eigenvalue weighted by Gasteiger charge is 2.35. The third-order valence-corrected chi connectivity index (χ3v) is 3.34. The number of benzene rings is 1. The van der Waals surface area contributed by atoms with Crippen LogP contribution in [0.15, 0.2) is 24.3 Å². The summed E-state index contributed by atoms with van der Waals surface area (Å²) >= 11 is 0. The molecule has 0 aliphatic rings. The van der Waals surface area contributed by atoms with E-state index in [0.29, 0.717) is 18.4 Å². The Labute approximate surface area is 119 Å². The molecule has 110 valence electrons. The van der Waals surface area contributed by atoms with Crippen molar-refractivity contribution in [1.29, 1.82) is 0 Å². The summed E-state index contributed by atoms with van der Waals surface area (Å²) in [6, 6.07) is 6.41. The summed E-state index contributed by atoms with van der Waals surface area (Å²) in [5.74, 6) is -1.53. The number of hydrogen-bond acceptors (Lipinski definition) is 3. The first kappa shape index (κ1) is 16.2. The van der Waals surface area contributed by atoms with Gasteiger partial charge in [0.05, 0.1) is 0 Å². The molecule has 1 aromatic rings. The van der Waals surface area contributed by atoms with Crippen LogP contribution in [0.2, 0.25) is 0 Å². The zero-order valence-electron chi connectivity index (χ0n) is 12.1. The number of nitrogens with one attached hydrogen (secondary N) is 1. The van der Waals surface area contributed by atoms with Crippen molar-refractivity contribution in [2.24, 2.45) is 5.73 Å². The highest BCUT2D eigenvalue weighted by molar-refractivity contribution is 5.89. The second-order valence-electron chi connectivity index (χ2n) is 5.26. The monoisotopic (exact) mass is 278 g/mol. The van der Waals surface area contributed by atoms with Crippen molar-refractivity contribution in [1.82, 2.24) is 5.32 Å². The van der Waals surface area contributed by atoms with Gasteiger partial charge in [0.15, 0.2) is 0 Å². The van der Waals surface area contributed by atoms with E-state index in [1.165, 1.54) is 6.92 Å². The maximum absolute atomic E-state index is 12.1. The van der Waals surface area contributed by atoms with Gasteiger partial charge in [0.1, 0.15) is 11.6 Å². The molecule has 0 radical (unpaired) electrons. The number of carbonyl (C=O) groups is 2. The van der Waals surface area contributed by atoms with Gasteiger partial charge in [-0.25, -0.2) is 4.79 Å². The molecule has 2 atom stereocenters. The molecule has 0 fully saturated rings. The molecule has 1 rings (SSSR count). The lowest BCUT2D eigenvalue weighted by Crippen LogP contribution is -2.54. The fourth-order valence-corrected chi connectivity index (χ4v) is 2.00. The minimum Gasteiger partial charge on any atom is -0.480 e. The normalized spacial score (nSPS) is 15.2. The molecule has 5 heteroatoms. The van der Waals surface area contributed by atoms with Gasteiger partial charge in [-0.15, -0.1) is 0 Å². The molecule has 0 bridgehead atoms. The summed E-state index contributed by atoms with van der Waals surface area (Å²) in [6.45, 7) is 5.31. The minimum atomic E-state index is -1.28. The molecule has 20 heavy (non-hydrogen) atoms. The fourth-order valence-electron chi connectivity index (χ4n) is 2.00. The second-order valence-corrected chi connectivity index (χ2v) is 5.26. The summed E-state index contributed by atoms with van der Waals surface area (Å²) in [7, 11) is 0. The molecule has 0 spiro atoms. The van der Waals surface area contributed by atoms with E-state index >= 15 is 0 Å². The molecule has 0 saturated heterocycles. The Morgan fingerprint density at radius 2 is 1.90 bits per heavy atom. The maximum atomic E-state index is 12.1. The minimum absolute atomic E-state index is 0.356. The lowest BCUT2D eigenvalue weighted by molar-refractivity contribution is -0.147. The summed E-state index contributed by atoms with van der Waals surface area (Å²) in [6.07, 6.45) is 1.01. The van der Waals surface area contributed by atoms with Crippen LogP contribution in [0.25, 0.3) is 0 Å². The number of carboxylic acids is 1. The molecular weight excluding hydrogens is 256 g/mol. The van der Waals surface area contributed by atoms with E-state index in [4.69, 9.17) is 5.73 Å². The number of carboxylic acid groups (broad SMARTS) is 1. The number of carbonyl (C=O) groups excluding carboxylic acids is 1. The molecule has 0 saturated carbocycles. The van der Waals surface area contributed by atoms with Crippen molar-refractivity contribution in [3.8, 4) is 0 Å². The first-order valence-corrected chi connectivity index (χ1v) is 6.67. The lowest BCUT2D eigenvalue weighted by atomic mass is 9.95. The molecule has 5 nitrogen and oxygen atoms in total. The summed E-state index contributed by atoms with van der Waals surface area (Å²) < 4.78 is 0. The van der Waals surface area contributed by atoms with Crippen molar-refractivity contribution in [3.05, 3.63) is 35.4 Å². The largest absolute Gasteiger partial charge is 0.480 e. The average Bonchev–Trinajstić information content (AvgIpc) is 2.38. The number of rotatable bonds is 6. The average molecular weight is 278 g/mol. The van der Waals surface area contributed by atoms with Gasteiger partial charge >= 0.3 is 5.97 Å². The van der Waals surface area contributed by atoms with Crippen molar-refractivity contribution in [3.63, 3.8) is 0 Å². The standard InChI is InChI=1S/C15H22N2O3/c1-4-9-15(3,14(19)20)17-13(18)12(16)11-7-5-10(2)6-8-11/h5-8,12H,4,9,16H2,1-3H3,(H,17,18)(H,19,20). The summed E-state index contributed by atoms with van der Waals surface area (Å²) in [5, 5.41) is 11.8. The van der Waals surface area contributed by atoms with E-state index in [9.17, 15) is 14.7 Å². The van der Waals surface area contributed by atoms with Crippen LogP contribution in [-0.2, 0) is 9.59 Å². The van der Waals surface area contributed by atoms with Crippen LogP contribution in [0.5, 0.6) is 0 Å². The predicted molar refractivity (Wildman–Crippen MR) is 77.2 cm³/mol. The SMILES string of the molecule is CCCC(C)(NC(=O)C(N)c1ccc(C)cc1)C(=O)O. The number of aryl methyl sites for hydroxylation is 1. The zero-order valence-corrected chi connectivity index (χ0v) is 12.1. The van der Waals surface area contributed by atoms with Crippen molar-refractivity contribution in [2.75, 3.05) is 0 Å². The summed E-state index contributed by atoms with van der Waals surface area (Å²) in [4.78, 5) is 23.4. The molecule has 0 aliphatic heterocycles. The Balaban J connectivity index is 2.83. The van der Waals surface area contributed by atoms with E-state index in [2.05, 4.69) is 5.32 Å². The smallest absolute Gasteiger partial charge is 0.329 e. The van der Waals surface area contributed by atoms with Gasteiger partial charge in [-0.3, -0.25) is 4.79 Å². The first-order valence-electron chi connectivity index (χ1n) is 6.67. The van der Waals surface area contributed by atoms with Gasteiger partial charge < -0.3 is 16.2 Å². The third kappa shape index (κ3) is 3.81. The van der Waals surface area contributed by atoms with Gasteiger partial charge in [0.2, 0.25) is 5.91 Å². The molecule has 0 aromatic heterocycles. The van der Waals surface area contributed by atoms with Crippen LogP contribution in [0.3, 0.4) is 0 Å². The highest BCUT2D eigenvalue weighted by Crippen LogP contribution is 2.16. The molecule has 1 amide bonds. The van der Waals surface area contributed by atoms with Crippen molar-refractivity contribution in [2.45, 2.75) is 45.2 Å². The van der Waals surface area contributed by atoms with E-state index in [1.54, 1.807) is 12.1 Å². The number of amides is 1. The zero-order chi connectivity index (χ0) is 15.3. The van der Waals surface area contributed by atoms with Crippen LogP contribution in [0, 0.1) is 6.92 Å². The number of aliphatic carboxylic acids is 1. The molecule has 0 aliphatic carbocycles. The molecule has 2 unspecified atom stereocenters. The van der Waals surface area contributed by atoms with Crippen molar-refractivity contribution >= 4 is 11.9 Å². The van der Waals surface area contributed by atoms with Gasteiger partial charge in [-0.05, 0) is 25.8 Å². The predicted octanol–water partition coefficient (Wildman–Crippen LogP) is 1.75. The topological polar surface area (TPSA) is 92.4 Å². The Morgan fingerprint density at radius 3 is 2.35 bits per heavy atom. The van der Waals surface area contributed by atoms with E-state index in [-0.39, 0.29) is 0 Å². The van der Waals surface area contributed by atoms with Gasteiger partial charge in [0, 0.05) is 0 Å². The van der Waals surface area contributed by atoms with Crippen LogP contribution >= 0.6 is 0 Å². The summed E-state index contributed by atoms with van der Waals surface area (Å²) in [5.41, 5.74) is 6.34. The fraction of sp³-hybridized carbons (Fsp3) is 0.467. The van der Waals surface area contributed by atoms with Gasteiger partial charge in [-0.1, -0.05) is 43.2 Å². The number of nitrogens with two attached hydrogens (primary N) is 1. The van der Waals surface area contributed by atoms with Crippen LogP contribution in [-0.4, -0.2) is 22.5 Å². The first-order chi connectivity index (χ1) is 9.30. The third-order valence-electron chi connectivity index (χ3n) is 3.34. The Morgan fingerprint density at radius 1 is 1.35 bits per heavy atom.